The first-order valence-corrected chi connectivity index (χ1v) is 20.7. The number of fused-ring (bicyclic) bond motifs is 1. The van der Waals surface area contributed by atoms with Gasteiger partial charge in [-0.2, -0.15) is 0 Å². The van der Waals surface area contributed by atoms with Crippen LogP contribution < -0.4 is 24.5 Å². The van der Waals surface area contributed by atoms with Gasteiger partial charge in [-0.05, 0) is 112 Å². The molecule has 0 unspecified atom stereocenters. The molecule has 0 saturated carbocycles. The number of piperidine rings is 1. The number of rotatable bonds is 19. The third-order valence-electron chi connectivity index (χ3n) is 11.3. The van der Waals surface area contributed by atoms with E-state index in [2.05, 4.69) is 71.3 Å². The standard InChI is InChI=1S/C50H57N3O5/c1-51(30-25-38-26-31-53(32-27-38)35-39-15-7-4-8-16-39)28-13-14-29-52(2)43-23-21-42(22-24-43)45-33-44(54)48-46(56-36-40-17-9-5-10-18-40)34-47(49(55-3)50(48)58-45)57-37-41-19-11-6-12-20-41/h4-12,15-24,33-34,38H,13-14,25-32,35-37H2,1-3H3. The lowest BCUT2D eigenvalue weighted by Gasteiger charge is -2.32. The molecule has 8 nitrogen and oxygen atoms in total. The van der Waals surface area contributed by atoms with E-state index in [1.807, 2.05) is 72.8 Å². The lowest BCUT2D eigenvalue weighted by molar-refractivity contribution is 0.162. The van der Waals surface area contributed by atoms with Crippen LogP contribution in [0.4, 0.5) is 5.69 Å². The van der Waals surface area contributed by atoms with Crippen molar-refractivity contribution in [2.45, 2.75) is 51.9 Å². The Hall–Kier alpha value is -5.57. The van der Waals surface area contributed by atoms with Crippen molar-refractivity contribution < 1.29 is 18.6 Å². The summed E-state index contributed by atoms with van der Waals surface area (Å²) in [5.74, 6) is 2.43. The number of nitrogens with zero attached hydrogens (tertiary/aromatic N) is 3. The number of benzene rings is 5. The van der Waals surface area contributed by atoms with Crippen molar-refractivity contribution in [3.8, 4) is 28.6 Å². The fraction of sp³-hybridized carbons (Fsp3) is 0.340. The maximum Gasteiger partial charge on any atom is 0.205 e. The van der Waals surface area contributed by atoms with Gasteiger partial charge < -0.3 is 28.4 Å². The molecule has 302 valence electrons. The van der Waals surface area contributed by atoms with E-state index in [0.717, 1.165) is 60.8 Å². The molecule has 2 heterocycles. The highest BCUT2D eigenvalue weighted by Crippen LogP contribution is 2.42. The predicted octanol–water partition coefficient (Wildman–Crippen LogP) is 10.1. The minimum atomic E-state index is -0.220. The van der Waals surface area contributed by atoms with Crippen molar-refractivity contribution in [2.24, 2.45) is 5.92 Å². The average molecular weight is 780 g/mol. The first kappa shape index (κ1) is 40.6. The van der Waals surface area contributed by atoms with Gasteiger partial charge in [-0.1, -0.05) is 91.0 Å². The van der Waals surface area contributed by atoms with Crippen LogP contribution in [-0.4, -0.2) is 63.7 Å². The van der Waals surface area contributed by atoms with Crippen LogP contribution in [0.3, 0.4) is 0 Å². The minimum absolute atomic E-state index is 0.220. The van der Waals surface area contributed by atoms with Gasteiger partial charge >= 0.3 is 0 Å². The van der Waals surface area contributed by atoms with Crippen molar-refractivity contribution in [1.82, 2.24) is 9.80 Å². The lowest BCUT2D eigenvalue weighted by Crippen LogP contribution is -2.34. The van der Waals surface area contributed by atoms with E-state index in [9.17, 15) is 4.79 Å². The maximum atomic E-state index is 13.9. The van der Waals surface area contributed by atoms with E-state index in [4.69, 9.17) is 18.6 Å². The molecule has 1 fully saturated rings. The van der Waals surface area contributed by atoms with E-state index < -0.39 is 0 Å². The van der Waals surface area contributed by atoms with E-state index in [1.54, 1.807) is 13.2 Å². The zero-order valence-electron chi connectivity index (χ0n) is 34.3. The van der Waals surface area contributed by atoms with Crippen LogP contribution in [0.25, 0.3) is 22.3 Å². The Bertz CT molecular complexity index is 2220. The third kappa shape index (κ3) is 10.9. The molecule has 0 spiro atoms. The molecule has 0 N–H and O–H groups in total. The topological polar surface area (TPSA) is 67.6 Å². The molecular weight excluding hydrogens is 723 g/mol. The molecule has 5 aromatic carbocycles. The van der Waals surface area contributed by atoms with Crippen LogP contribution in [-0.2, 0) is 19.8 Å². The second-order valence-electron chi connectivity index (χ2n) is 15.6. The Kier molecular flexibility index (Phi) is 14.2. The summed E-state index contributed by atoms with van der Waals surface area (Å²) in [6.45, 7) is 7.33. The predicted molar refractivity (Wildman–Crippen MR) is 235 cm³/mol. The SMILES string of the molecule is COc1c(OCc2ccccc2)cc(OCc2ccccc2)c2c(=O)cc(-c3ccc(N(C)CCCCN(C)CCC4CCN(Cc5ccccc5)CC4)cc3)oc12. The van der Waals surface area contributed by atoms with Crippen molar-refractivity contribution >= 4 is 16.7 Å². The van der Waals surface area contributed by atoms with Crippen LogP contribution in [0, 0.1) is 5.92 Å². The highest BCUT2D eigenvalue weighted by molar-refractivity contribution is 5.92. The van der Waals surface area contributed by atoms with E-state index >= 15 is 0 Å². The molecule has 0 radical (unpaired) electrons. The monoisotopic (exact) mass is 779 g/mol. The first-order chi connectivity index (χ1) is 28.4. The zero-order valence-corrected chi connectivity index (χ0v) is 34.3. The Morgan fingerprint density at radius 3 is 1.90 bits per heavy atom. The maximum absolute atomic E-state index is 13.9. The molecule has 8 heteroatoms. The molecule has 0 aliphatic carbocycles. The van der Waals surface area contributed by atoms with Gasteiger partial charge in [0, 0.05) is 43.5 Å². The normalized spacial score (nSPS) is 13.5. The van der Waals surface area contributed by atoms with Crippen molar-refractivity contribution in [3.05, 3.63) is 154 Å². The van der Waals surface area contributed by atoms with Crippen LogP contribution >= 0.6 is 0 Å². The second kappa shape index (κ2) is 20.2. The van der Waals surface area contributed by atoms with E-state index in [-0.39, 0.29) is 17.6 Å². The van der Waals surface area contributed by atoms with Gasteiger partial charge in [0.05, 0.1) is 7.11 Å². The molecule has 1 aromatic heterocycles. The number of unbranched alkanes of at least 4 members (excludes halogenated alkanes) is 1. The molecule has 58 heavy (non-hydrogen) atoms. The molecule has 1 saturated heterocycles. The Morgan fingerprint density at radius 1 is 0.690 bits per heavy atom. The summed E-state index contributed by atoms with van der Waals surface area (Å²) in [6.07, 6.45) is 6.18. The summed E-state index contributed by atoms with van der Waals surface area (Å²) in [6, 6.07) is 42.0. The fourth-order valence-corrected chi connectivity index (χ4v) is 7.81. The quantitative estimate of drug-likeness (QED) is 0.0753. The van der Waals surface area contributed by atoms with E-state index in [1.165, 1.54) is 50.5 Å². The summed E-state index contributed by atoms with van der Waals surface area (Å²) >= 11 is 0. The van der Waals surface area contributed by atoms with Crippen LogP contribution in [0.15, 0.2) is 137 Å². The average Bonchev–Trinajstić information content (AvgIpc) is 3.27. The van der Waals surface area contributed by atoms with Crippen LogP contribution in [0.2, 0.25) is 0 Å². The molecule has 1 aliphatic heterocycles. The number of ether oxygens (including phenoxy) is 3. The molecule has 0 atom stereocenters. The summed E-state index contributed by atoms with van der Waals surface area (Å²) in [5, 5.41) is 0.311. The van der Waals surface area contributed by atoms with Gasteiger partial charge in [0.15, 0.2) is 16.8 Å². The van der Waals surface area contributed by atoms with Gasteiger partial charge in [-0.3, -0.25) is 9.69 Å². The van der Waals surface area contributed by atoms with Crippen molar-refractivity contribution in [1.29, 1.82) is 0 Å². The summed E-state index contributed by atoms with van der Waals surface area (Å²) in [7, 11) is 5.96. The highest BCUT2D eigenvalue weighted by atomic mass is 16.5. The van der Waals surface area contributed by atoms with Crippen molar-refractivity contribution in [3.63, 3.8) is 0 Å². The number of methoxy groups -OCH3 is 1. The van der Waals surface area contributed by atoms with Crippen molar-refractivity contribution in [2.75, 3.05) is 58.8 Å². The number of likely N-dealkylation sites (tertiary alicyclic amines) is 1. The molecule has 0 amide bonds. The minimum Gasteiger partial charge on any atom is -0.490 e. The Balaban J connectivity index is 0.945. The molecule has 6 aromatic rings. The van der Waals surface area contributed by atoms with Crippen LogP contribution in [0.5, 0.6) is 17.2 Å². The number of anilines is 1. The second-order valence-corrected chi connectivity index (χ2v) is 15.6. The first-order valence-electron chi connectivity index (χ1n) is 20.7. The lowest BCUT2D eigenvalue weighted by atomic mass is 9.93. The van der Waals surface area contributed by atoms with Gasteiger partial charge in [0.2, 0.25) is 5.75 Å². The van der Waals surface area contributed by atoms with Gasteiger partial charge in [0.25, 0.3) is 0 Å². The zero-order chi connectivity index (χ0) is 40.1. The smallest absolute Gasteiger partial charge is 0.205 e. The summed E-state index contributed by atoms with van der Waals surface area (Å²) in [4.78, 5) is 21.3. The summed E-state index contributed by atoms with van der Waals surface area (Å²) in [5.41, 5.74) is 5.38. The Labute approximate surface area is 343 Å². The highest BCUT2D eigenvalue weighted by Gasteiger charge is 2.23. The molecule has 7 rings (SSSR count). The molecule has 0 bridgehead atoms. The fourth-order valence-electron chi connectivity index (χ4n) is 7.81. The Morgan fingerprint density at radius 2 is 1.28 bits per heavy atom. The number of hydrogen-bond acceptors (Lipinski definition) is 8. The van der Waals surface area contributed by atoms with Crippen LogP contribution in [0.1, 0.15) is 48.8 Å². The number of hydrogen-bond donors (Lipinski definition) is 0. The molecule has 1 aliphatic rings. The summed E-state index contributed by atoms with van der Waals surface area (Å²) < 4.78 is 24.9. The largest absolute Gasteiger partial charge is 0.490 e. The van der Waals surface area contributed by atoms with E-state index in [0.29, 0.717) is 35.0 Å². The van der Waals surface area contributed by atoms with Gasteiger partial charge in [-0.15, -0.1) is 0 Å². The molecular formula is C50H57N3O5. The third-order valence-corrected chi connectivity index (χ3v) is 11.3. The van der Waals surface area contributed by atoms with Gasteiger partial charge in [0.1, 0.15) is 30.1 Å². The van der Waals surface area contributed by atoms with Gasteiger partial charge in [-0.25, -0.2) is 0 Å².